The van der Waals surface area contributed by atoms with Crippen molar-refractivity contribution in [3.05, 3.63) is 89.6 Å². The maximum atomic E-state index is 13.4. The van der Waals surface area contributed by atoms with E-state index >= 15 is 0 Å². The van der Waals surface area contributed by atoms with Gasteiger partial charge in [0.15, 0.2) is 0 Å². The average Bonchev–Trinajstić information content (AvgIpc) is 3.48. The summed E-state index contributed by atoms with van der Waals surface area (Å²) in [6, 6.07) is 18.0. The average molecular weight is 465 g/mol. The Morgan fingerprint density at radius 3 is 2.62 bits per heavy atom. The van der Waals surface area contributed by atoms with Crippen molar-refractivity contribution in [1.29, 1.82) is 0 Å². The first-order chi connectivity index (χ1) is 16.4. The van der Waals surface area contributed by atoms with Gasteiger partial charge in [-0.1, -0.05) is 26.0 Å². The summed E-state index contributed by atoms with van der Waals surface area (Å²) >= 11 is 0. The molecule has 2 atom stereocenters. The summed E-state index contributed by atoms with van der Waals surface area (Å²) in [7, 11) is 1.68. The van der Waals surface area contributed by atoms with E-state index in [4.69, 9.17) is 9.15 Å². The fourth-order valence-corrected chi connectivity index (χ4v) is 4.89. The molecule has 3 aromatic rings. The predicted octanol–water partition coefficient (Wildman–Crippen LogP) is 5.44. The van der Waals surface area contributed by atoms with Crippen molar-refractivity contribution < 1.29 is 18.3 Å². The number of carbonyl (C=O) groups is 1. The molecule has 2 heterocycles. The fourth-order valence-electron chi connectivity index (χ4n) is 4.89. The lowest BCUT2D eigenvalue weighted by Crippen LogP contribution is -2.39. The maximum absolute atomic E-state index is 13.4. The number of furan rings is 1. The van der Waals surface area contributed by atoms with E-state index in [2.05, 4.69) is 30.9 Å². The quantitative estimate of drug-likeness (QED) is 0.423. The van der Waals surface area contributed by atoms with Gasteiger partial charge < -0.3 is 14.1 Å². The number of methoxy groups -OCH3 is 1. The van der Waals surface area contributed by atoms with Crippen LogP contribution in [0.2, 0.25) is 0 Å². The summed E-state index contributed by atoms with van der Waals surface area (Å²) < 4.78 is 24.5. The van der Waals surface area contributed by atoms with Crippen LogP contribution in [0.4, 0.5) is 4.39 Å². The van der Waals surface area contributed by atoms with Crippen LogP contribution in [0.1, 0.15) is 41.4 Å². The van der Waals surface area contributed by atoms with Crippen molar-refractivity contribution in [2.75, 3.05) is 33.3 Å². The molecule has 180 valence electrons. The molecule has 4 rings (SSSR count). The lowest BCUT2D eigenvalue weighted by atomic mass is 9.88. The van der Waals surface area contributed by atoms with E-state index in [1.54, 1.807) is 25.5 Å². The Bertz CT molecular complexity index is 1070. The van der Waals surface area contributed by atoms with Crippen molar-refractivity contribution >= 4 is 5.91 Å². The summed E-state index contributed by atoms with van der Waals surface area (Å²) in [5, 5.41) is 0. The minimum atomic E-state index is -0.339. The van der Waals surface area contributed by atoms with Gasteiger partial charge in [-0.05, 0) is 65.9 Å². The Hall–Kier alpha value is -3.12. The third kappa shape index (κ3) is 5.86. The number of halogens is 1. The number of rotatable bonds is 9. The van der Waals surface area contributed by atoms with Gasteiger partial charge in [-0.25, -0.2) is 4.39 Å². The summed E-state index contributed by atoms with van der Waals surface area (Å²) in [6.07, 6.45) is 1.70. The monoisotopic (exact) mass is 464 g/mol. The molecule has 1 aliphatic heterocycles. The molecule has 1 aliphatic rings. The number of likely N-dealkylation sites (tertiary alicyclic amines) is 1. The molecule has 1 saturated heterocycles. The maximum Gasteiger partial charge on any atom is 0.253 e. The van der Waals surface area contributed by atoms with Crippen LogP contribution in [-0.2, 0) is 6.54 Å². The van der Waals surface area contributed by atoms with Crippen molar-refractivity contribution in [2.45, 2.75) is 26.3 Å². The molecule has 0 aliphatic carbocycles. The molecule has 1 amide bonds. The van der Waals surface area contributed by atoms with Crippen molar-refractivity contribution in [3.63, 3.8) is 0 Å². The van der Waals surface area contributed by atoms with Gasteiger partial charge in [0.2, 0.25) is 0 Å². The van der Waals surface area contributed by atoms with Crippen LogP contribution in [0.5, 0.6) is 5.75 Å². The van der Waals surface area contributed by atoms with E-state index < -0.39 is 0 Å². The van der Waals surface area contributed by atoms with Crippen LogP contribution in [0.3, 0.4) is 0 Å². The fraction of sp³-hybridized carbons (Fsp3) is 0.393. The Balaban J connectivity index is 1.59. The Morgan fingerprint density at radius 1 is 1.15 bits per heavy atom. The zero-order chi connectivity index (χ0) is 24.1. The van der Waals surface area contributed by atoms with E-state index in [-0.39, 0.29) is 23.6 Å². The van der Waals surface area contributed by atoms with Crippen molar-refractivity contribution in [2.24, 2.45) is 11.8 Å². The lowest BCUT2D eigenvalue weighted by Gasteiger charge is -2.30. The molecular formula is C28H33FN2O3. The smallest absolute Gasteiger partial charge is 0.253 e. The number of amides is 1. The Morgan fingerprint density at radius 2 is 1.94 bits per heavy atom. The SMILES string of the molecule is COc1cccc([C@@H]2CN(Cc3ccco3)C[C@@H]2CN(CC(C)C)C(=O)c2ccc(F)cc2)c1. The molecular weight excluding hydrogens is 431 g/mol. The molecule has 0 unspecified atom stereocenters. The van der Waals surface area contributed by atoms with Crippen LogP contribution in [-0.4, -0.2) is 49.0 Å². The highest BCUT2D eigenvalue weighted by molar-refractivity contribution is 5.94. The van der Waals surface area contributed by atoms with Crippen LogP contribution in [0.15, 0.2) is 71.3 Å². The highest BCUT2D eigenvalue weighted by atomic mass is 19.1. The molecule has 0 saturated carbocycles. The number of benzene rings is 2. The molecule has 6 heteroatoms. The number of hydrogen-bond donors (Lipinski definition) is 0. The van der Waals surface area contributed by atoms with Gasteiger partial charge in [-0.3, -0.25) is 9.69 Å². The second-order valence-corrected chi connectivity index (χ2v) is 9.53. The van der Waals surface area contributed by atoms with E-state index in [0.29, 0.717) is 24.6 Å². The molecule has 2 aromatic carbocycles. The van der Waals surface area contributed by atoms with Gasteiger partial charge in [-0.2, -0.15) is 0 Å². The Labute approximate surface area is 201 Å². The van der Waals surface area contributed by atoms with Crippen LogP contribution in [0.25, 0.3) is 0 Å². The number of carbonyl (C=O) groups excluding carboxylic acids is 1. The first-order valence-electron chi connectivity index (χ1n) is 11.9. The first kappa shape index (κ1) is 24.0. The summed E-state index contributed by atoms with van der Waals surface area (Å²) in [6.45, 7) is 7.97. The third-order valence-electron chi connectivity index (χ3n) is 6.42. The normalized spacial score (nSPS) is 18.4. The summed E-state index contributed by atoms with van der Waals surface area (Å²) in [5.41, 5.74) is 1.73. The van der Waals surface area contributed by atoms with E-state index in [1.165, 1.54) is 17.7 Å². The van der Waals surface area contributed by atoms with E-state index in [1.807, 2.05) is 29.2 Å². The zero-order valence-corrected chi connectivity index (χ0v) is 20.1. The minimum absolute atomic E-state index is 0.0532. The van der Waals surface area contributed by atoms with Gasteiger partial charge in [0.25, 0.3) is 5.91 Å². The number of nitrogens with zero attached hydrogens (tertiary/aromatic N) is 2. The van der Waals surface area contributed by atoms with Crippen molar-refractivity contribution in [1.82, 2.24) is 9.80 Å². The molecule has 0 radical (unpaired) electrons. The Kier molecular flexibility index (Phi) is 7.68. The molecule has 0 bridgehead atoms. The van der Waals surface area contributed by atoms with Crippen molar-refractivity contribution in [3.8, 4) is 5.75 Å². The largest absolute Gasteiger partial charge is 0.497 e. The molecule has 34 heavy (non-hydrogen) atoms. The molecule has 1 aromatic heterocycles. The van der Waals surface area contributed by atoms with Gasteiger partial charge in [-0.15, -0.1) is 0 Å². The van der Waals surface area contributed by atoms with E-state index in [0.717, 1.165) is 31.1 Å². The van der Waals surface area contributed by atoms with Crippen LogP contribution >= 0.6 is 0 Å². The summed E-state index contributed by atoms with van der Waals surface area (Å²) in [4.78, 5) is 17.7. The molecule has 5 nitrogen and oxygen atoms in total. The van der Waals surface area contributed by atoms with Crippen LogP contribution in [0, 0.1) is 17.7 Å². The first-order valence-corrected chi connectivity index (χ1v) is 11.9. The molecule has 1 fully saturated rings. The van der Waals surface area contributed by atoms with Gasteiger partial charge in [0.1, 0.15) is 17.3 Å². The van der Waals surface area contributed by atoms with Crippen LogP contribution < -0.4 is 4.74 Å². The van der Waals surface area contributed by atoms with Gasteiger partial charge in [0.05, 0.1) is 19.9 Å². The topological polar surface area (TPSA) is 45.9 Å². The second-order valence-electron chi connectivity index (χ2n) is 9.53. The summed E-state index contributed by atoms with van der Waals surface area (Å²) in [5.74, 6) is 2.19. The minimum Gasteiger partial charge on any atom is -0.497 e. The third-order valence-corrected chi connectivity index (χ3v) is 6.42. The molecule has 0 spiro atoms. The standard InChI is InChI=1S/C28H33FN2O3/c1-20(2)15-31(28(32)21-9-11-24(29)12-10-21)17-23-16-30(18-26-8-5-13-34-26)19-27(23)22-6-4-7-25(14-22)33-3/h4-14,20,23,27H,15-19H2,1-3H3/t23-,27+/m1/s1. The van der Waals surface area contributed by atoms with E-state index in [9.17, 15) is 9.18 Å². The highest BCUT2D eigenvalue weighted by Gasteiger charge is 2.36. The van der Waals surface area contributed by atoms with Gasteiger partial charge in [0, 0.05) is 37.7 Å². The number of ether oxygens (including phenoxy) is 1. The zero-order valence-electron chi connectivity index (χ0n) is 20.1. The lowest BCUT2D eigenvalue weighted by molar-refractivity contribution is 0.0703. The van der Waals surface area contributed by atoms with Gasteiger partial charge >= 0.3 is 0 Å². The highest BCUT2D eigenvalue weighted by Crippen LogP contribution is 2.36. The predicted molar refractivity (Wildman–Crippen MR) is 130 cm³/mol. The molecule has 0 N–H and O–H groups in total. The second kappa shape index (κ2) is 10.9. The number of hydrogen-bond acceptors (Lipinski definition) is 4.